The van der Waals surface area contributed by atoms with Crippen LogP contribution in [-0.4, -0.2) is 35.4 Å². The Morgan fingerprint density at radius 3 is 2.83 bits per heavy atom. The van der Waals surface area contributed by atoms with E-state index in [4.69, 9.17) is 0 Å². The van der Waals surface area contributed by atoms with E-state index in [9.17, 15) is 4.79 Å². The van der Waals surface area contributed by atoms with Gasteiger partial charge in [0.05, 0.1) is 5.56 Å². The maximum absolute atomic E-state index is 12.7. The molecule has 1 atom stereocenters. The van der Waals surface area contributed by atoms with Crippen LogP contribution in [0.1, 0.15) is 62.7 Å². The van der Waals surface area contributed by atoms with Gasteiger partial charge in [-0.15, -0.1) is 0 Å². The third-order valence-corrected chi connectivity index (χ3v) is 5.68. The lowest BCUT2D eigenvalue weighted by Gasteiger charge is -2.39. The number of aromatic nitrogens is 1. The molecule has 1 N–H and O–H groups in total. The first-order chi connectivity index (χ1) is 11.1. The van der Waals surface area contributed by atoms with Crippen molar-refractivity contribution in [3.63, 3.8) is 0 Å². The van der Waals surface area contributed by atoms with Crippen molar-refractivity contribution in [1.29, 1.82) is 0 Å². The first kappa shape index (κ1) is 16.3. The van der Waals surface area contributed by atoms with Gasteiger partial charge in [-0.2, -0.15) is 0 Å². The molecule has 1 amide bonds. The van der Waals surface area contributed by atoms with Crippen LogP contribution in [0.25, 0.3) is 0 Å². The van der Waals surface area contributed by atoms with Crippen molar-refractivity contribution in [3.05, 3.63) is 23.9 Å². The van der Waals surface area contributed by atoms with Crippen LogP contribution in [0.5, 0.6) is 0 Å². The number of pyridine rings is 1. The molecule has 4 nitrogen and oxygen atoms in total. The lowest BCUT2D eigenvalue weighted by atomic mass is 9.69. The van der Waals surface area contributed by atoms with Gasteiger partial charge >= 0.3 is 0 Å². The fourth-order valence-electron chi connectivity index (χ4n) is 3.97. The monoisotopic (exact) mass is 315 g/mol. The summed E-state index contributed by atoms with van der Waals surface area (Å²) in [6.45, 7) is 7.40. The number of hydrogen-bond acceptors (Lipinski definition) is 3. The summed E-state index contributed by atoms with van der Waals surface area (Å²) in [4.78, 5) is 19.1. The molecule has 1 saturated carbocycles. The molecule has 3 rings (SSSR count). The van der Waals surface area contributed by atoms with Crippen LogP contribution >= 0.6 is 0 Å². The molecule has 126 valence electrons. The second-order valence-electron chi connectivity index (χ2n) is 7.71. The predicted octanol–water partition coefficient (Wildman–Crippen LogP) is 3.95. The van der Waals surface area contributed by atoms with Crippen molar-refractivity contribution in [2.45, 2.75) is 52.4 Å². The normalized spacial score (nSPS) is 23.7. The second kappa shape index (κ2) is 6.90. The van der Waals surface area contributed by atoms with E-state index in [2.05, 4.69) is 24.1 Å². The summed E-state index contributed by atoms with van der Waals surface area (Å²) in [6.07, 6.45) is 9.22. The Morgan fingerprint density at radius 2 is 2.09 bits per heavy atom. The fourth-order valence-corrected chi connectivity index (χ4v) is 3.97. The van der Waals surface area contributed by atoms with Gasteiger partial charge in [0.25, 0.3) is 5.91 Å². The maximum Gasteiger partial charge on any atom is 0.257 e. The SMILES string of the molecule is CC1(C)CCCCC1CNc1ncccc1C(=O)N1CCCC1. The first-order valence-corrected chi connectivity index (χ1v) is 9.06. The quantitative estimate of drug-likeness (QED) is 0.915. The number of carbonyl (C=O) groups excluding carboxylic acids is 1. The summed E-state index contributed by atoms with van der Waals surface area (Å²) in [7, 11) is 0. The average molecular weight is 315 g/mol. The van der Waals surface area contributed by atoms with Gasteiger partial charge in [-0.3, -0.25) is 4.79 Å². The molecule has 1 saturated heterocycles. The molecule has 0 bridgehead atoms. The van der Waals surface area contributed by atoms with E-state index in [1.165, 1.54) is 25.7 Å². The molecule has 2 fully saturated rings. The van der Waals surface area contributed by atoms with E-state index in [-0.39, 0.29) is 5.91 Å². The molecule has 1 unspecified atom stereocenters. The molecule has 1 aromatic heterocycles. The minimum absolute atomic E-state index is 0.126. The van der Waals surface area contributed by atoms with Gasteiger partial charge in [0.1, 0.15) is 5.82 Å². The maximum atomic E-state index is 12.7. The predicted molar refractivity (Wildman–Crippen MR) is 93.6 cm³/mol. The summed E-state index contributed by atoms with van der Waals surface area (Å²) in [6, 6.07) is 3.76. The number of nitrogens with zero attached hydrogens (tertiary/aromatic N) is 2. The highest BCUT2D eigenvalue weighted by Crippen LogP contribution is 2.40. The Balaban J connectivity index is 1.69. The first-order valence-electron chi connectivity index (χ1n) is 9.06. The highest BCUT2D eigenvalue weighted by Gasteiger charge is 2.32. The van der Waals surface area contributed by atoms with E-state index < -0.39 is 0 Å². The Morgan fingerprint density at radius 1 is 1.30 bits per heavy atom. The molecule has 0 aromatic carbocycles. The van der Waals surface area contributed by atoms with E-state index in [0.717, 1.165) is 43.9 Å². The van der Waals surface area contributed by atoms with Crippen LogP contribution in [0, 0.1) is 11.3 Å². The van der Waals surface area contributed by atoms with Gasteiger partial charge in [-0.25, -0.2) is 4.98 Å². The lowest BCUT2D eigenvalue weighted by molar-refractivity contribution is 0.0793. The zero-order valence-electron chi connectivity index (χ0n) is 14.5. The van der Waals surface area contributed by atoms with Crippen molar-refractivity contribution in [2.24, 2.45) is 11.3 Å². The van der Waals surface area contributed by atoms with E-state index in [1.807, 2.05) is 17.0 Å². The standard InChI is InChI=1S/C19H29N3O/c1-19(2)10-4-3-8-15(19)14-21-17-16(9-7-11-20-17)18(23)22-12-5-6-13-22/h7,9,11,15H,3-6,8,10,12-14H2,1-2H3,(H,20,21). The van der Waals surface area contributed by atoms with Crippen molar-refractivity contribution < 1.29 is 4.79 Å². The van der Waals surface area contributed by atoms with E-state index in [0.29, 0.717) is 11.3 Å². The largest absolute Gasteiger partial charge is 0.369 e. The smallest absolute Gasteiger partial charge is 0.257 e. The van der Waals surface area contributed by atoms with E-state index in [1.54, 1.807) is 6.20 Å². The van der Waals surface area contributed by atoms with Crippen molar-refractivity contribution in [2.75, 3.05) is 25.0 Å². The molecule has 2 heterocycles. The Bertz CT molecular complexity index is 549. The second-order valence-corrected chi connectivity index (χ2v) is 7.71. The van der Waals surface area contributed by atoms with Crippen LogP contribution in [0.2, 0.25) is 0 Å². The zero-order valence-corrected chi connectivity index (χ0v) is 14.5. The number of anilines is 1. The van der Waals surface area contributed by atoms with Crippen molar-refractivity contribution >= 4 is 11.7 Å². The molecule has 4 heteroatoms. The number of nitrogens with one attached hydrogen (secondary N) is 1. The summed E-state index contributed by atoms with van der Waals surface area (Å²) in [5, 5.41) is 3.48. The number of likely N-dealkylation sites (tertiary alicyclic amines) is 1. The molecule has 23 heavy (non-hydrogen) atoms. The van der Waals surface area contributed by atoms with Crippen LogP contribution in [0.4, 0.5) is 5.82 Å². The molecule has 0 radical (unpaired) electrons. The molecule has 0 spiro atoms. The summed E-state index contributed by atoms with van der Waals surface area (Å²) >= 11 is 0. The number of carbonyl (C=O) groups is 1. The van der Waals surface area contributed by atoms with Crippen molar-refractivity contribution in [3.8, 4) is 0 Å². The molecule has 1 aromatic rings. The van der Waals surface area contributed by atoms with Crippen molar-refractivity contribution in [1.82, 2.24) is 9.88 Å². The molecular weight excluding hydrogens is 286 g/mol. The summed E-state index contributed by atoms with van der Waals surface area (Å²) in [5.41, 5.74) is 1.10. The molecule has 2 aliphatic rings. The topological polar surface area (TPSA) is 45.2 Å². The molecular formula is C19H29N3O. The number of amides is 1. The average Bonchev–Trinajstić information content (AvgIpc) is 3.07. The minimum atomic E-state index is 0.126. The van der Waals surface area contributed by atoms with Crippen LogP contribution in [0.3, 0.4) is 0 Å². The lowest BCUT2D eigenvalue weighted by Crippen LogP contribution is -2.34. The van der Waals surface area contributed by atoms with Gasteiger partial charge in [0.2, 0.25) is 0 Å². The van der Waals surface area contributed by atoms with Gasteiger partial charge in [0.15, 0.2) is 0 Å². The zero-order chi connectivity index (χ0) is 16.3. The van der Waals surface area contributed by atoms with Crippen LogP contribution in [0.15, 0.2) is 18.3 Å². The highest BCUT2D eigenvalue weighted by molar-refractivity contribution is 5.98. The van der Waals surface area contributed by atoms with Gasteiger partial charge in [-0.1, -0.05) is 26.7 Å². The van der Waals surface area contributed by atoms with Gasteiger partial charge in [0, 0.05) is 25.8 Å². The van der Waals surface area contributed by atoms with Gasteiger partial charge in [-0.05, 0) is 49.1 Å². The van der Waals surface area contributed by atoms with Crippen LogP contribution in [-0.2, 0) is 0 Å². The number of rotatable bonds is 4. The molecule has 1 aliphatic carbocycles. The third kappa shape index (κ3) is 3.67. The highest BCUT2D eigenvalue weighted by atomic mass is 16.2. The fraction of sp³-hybridized carbons (Fsp3) is 0.684. The van der Waals surface area contributed by atoms with Gasteiger partial charge < -0.3 is 10.2 Å². The van der Waals surface area contributed by atoms with E-state index >= 15 is 0 Å². The minimum Gasteiger partial charge on any atom is -0.369 e. The van der Waals surface area contributed by atoms with Crippen LogP contribution < -0.4 is 5.32 Å². The Kier molecular flexibility index (Phi) is 4.88. The molecule has 1 aliphatic heterocycles. The Labute approximate surface area is 139 Å². The summed E-state index contributed by atoms with van der Waals surface area (Å²) < 4.78 is 0. The third-order valence-electron chi connectivity index (χ3n) is 5.68. The number of hydrogen-bond donors (Lipinski definition) is 1. The Hall–Kier alpha value is -1.58. The summed E-state index contributed by atoms with van der Waals surface area (Å²) in [5.74, 6) is 1.53.